The summed E-state index contributed by atoms with van der Waals surface area (Å²) in [5.41, 5.74) is 3.27. The number of nitrogens with zero attached hydrogens (tertiary/aromatic N) is 2. The quantitative estimate of drug-likeness (QED) is 0.474. The Kier molecular flexibility index (Phi) is 11.5. The van der Waals surface area contributed by atoms with Gasteiger partial charge < -0.3 is 10.2 Å². The van der Waals surface area contributed by atoms with E-state index >= 15 is 0 Å². The summed E-state index contributed by atoms with van der Waals surface area (Å²) in [6.45, 7) is 11.3. The maximum absolute atomic E-state index is 13.1. The van der Waals surface area contributed by atoms with Gasteiger partial charge in [-0.2, -0.15) is 0 Å². The zero-order valence-electron chi connectivity index (χ0n) is 24.0. The normalized spacial score (nSPS) is 15.8. The van der Waals surface area contributed by atoms with Crippen LogP contribution in [0.15, 0.2) is 47.4 Å². The van der Waals surface area contributed by atoms with Crippen LogP contribution in [-0.2, 0) is 21.2 Å². The van der Waals surface area contributed by atoms with Crippen molar-refractivity contribution in [2.45, 2.75) is 77.7 Å². The highest BCUT2D eigenvalue weighted by Gasteiger charge is 2.21. The van der Waals surface area contributed by atoms with Crippen molar-refractivity contribution in [2.24, 2.45) is 5.92 Å². The number of rotatable bonds is 8. The first-order chi connectivity index (χ1) is 18.6. The predicted molar refractivity (Wildman–Crippen MR) is 158 cm³/mol. The molecule has 7 nitrogen and oxygen atoms in total. The molecule has 0 aliphatic carbocycles. The van der Waals surface area contributed by atoms with E-state index in [1.807, 2.05) is 24.0 Å². The lowest BCUT2D eigenvalue weighted by molar-refractivity contribution is -0.116. The van der Waals surface area contributed by atoms with Crippen LogP contribution in [0.5, 0.6) is 0 Å². The molecule has 1 aliphatic rings. The highest BCUT2D eigenvalue weighted by atomic mass is 32.2. The zero-order chi connectivity index (χ0) is 28.4. The van der Waals surface area contributed by atoms with Gasteiger partial charge in [-0.1, -0.05) is 50.8 Å². The van der Waals surface area contributed by atoms with Crippen LogP contribution in [0.3, 0.4) is 0 Å². The number of hydrogen-bond acceptors (Lipinski definition) is 5. The van der Waals surface area contributed by atoms with Gasteiger partial charge in [-0.25, -0.2) is 8.42 Å². The molecule has 2 aromatic rings. The summed E-state index contributed by atoms with van der Waals surface area (Å²) in [6, 6.07) is 12.2. The maximum atomic E-state index is 13.1. The van der Waals surface area contributed by atoms with Gasteiger partial charge in [0.1, 0.15) is 0 Å². The summed E-state index contributed by atoms with van der Waals surface area (Å²) in [6.07, 6.45) is 6.63. The Morgan fingerprint density at radius 3 is 2.28 bits per heavy atom. The number of nitrogens with one attached hydrogen (secondary N) is 1. The zero-order valence-corrected chi connectivity index (χ0v) is 24.9. The van der Waals surface area contributed by atoms with Crippen molar-refractivity contribution >= 4 is 27.3 Å². The van der Waals surface area contributed by atoms with E-state index in [2.05, 4.69) is 24.1 Å². The molecule has 8 heteroatoms. The minimum Gasteiger partial charge on any atom is -0.351 e. The Morgan fingerprint density at radius 1 is 0.949 bits per heavy atom. The first kappa shape index (κ1) is 30.8. The predicted octanol–water partition coefficient (Wildman–Crippen LogP) is 5.36. The molecular weight excluding hydrogens is 510 g/mol. The second-order valence-corrected chi connectivity index (χ2v) is 13.2. The SMILES string of the molecule is CC(=O)N1CCCCCCCN(CCC(C)C)Cc2cc(C(=O)NCCS(=O)(=O)c3ccc(C)cc3)ccc21. The molecule has 0 unspecified atom stereocenters. The number of amides is 2. The van der Waals surface area contributed by atoms with Crippen molar-refractivity contribution in [1.29, 1.82) is 0 Å². The standard InChI is InChI=1S/C31H45N3O4S/c1-24(2)16-20-33-18-8-6-5-7-9-19-34(26(4)35)30-15-12-27(22-28(30)23-33)31(36)32-17-21-39(37,38)29-13-10-25(3)11-14-29/h10-15,22,24H,5-9,16-21,23H2,1-4H3,(H,32,36). The average Bonchev–Trinajstić information content (AvgIpc) is 2.87. The molecular formula is C31H45N3O4S. The van der Waals surface area contributed by atoms with Gasteiger partial charge in [-0.3, -0.25) is 14.5 Å². The fourth-order valence-corrected chi connectivity index (χ4v) is 6.07. The van der Waals surface area contributed by atoms with E-state index in [0.29, 0.717) is 24.6 Å². The van der Waals surface area contributed by atoms with E-state index in [0.717, 1.165) is 55.6 Å². The van der Waals surface area contributed by atoms with Gasteiger partial charge >= 0.3 is 0 Å². The van der Waals surface area contributed by atoms with E-state index in [1.54, 1.807) is 37.3 Å². The molecule has 0 saturated heterocycles. The van der Waals surface area contributed by atoms with Gasteiger partial charge in [0.15, 0.2) is 9.84 Å². The number of aryl methyl sites for hydroxylation is 1. The highest BCUT2D eigenvalue weighted by Crippen LogP contribution is 2.26. The summed E-state index contributed by atoms with van der Waals surface area (Å²) in [5.74, 6) is 0.105. The smallest absolute Gasteiger partial charge is 0.251 e. The number of benzene rings is 2. The highest BCUT2D eigenvalue weighted by molar-refractivity contribution is 7.91. The largest absolute Gasteiger partial charge is 0.351 e. The van der Waals surface area contributed by atoms with Gasteiger partial charge in [0.05, 0.1) is 10.6 Å². The molecule has 0 bridgehead atoms. The Balaban J connectivity index is 1.80. The number of fused-ring (bicyclic) bond motifs is 1. The van der Waals surface area contributed by atoms with Gasteiger partial charge in [-0.05, 0) is 81.1 Å². The molecule has 39 heavy (non-hydrogen) atoms. The second-order valence-electron chi connectivity index (χ2n) is 11.1. The fourth-order valence-electron chi connectivity index (χ4n) is 4.92. The Morgan fingerprint density at radius 2 is 1.62 bits per heavy atom. The molecule has 2 aromatic carbocycles. The third kappa shape index (κ3) is 9.46. The lowest BCUT2D eigenvalue weighted by Gasteiger charge is -2.29. The third-order valence-electron chi connectivity index (χ3n) is 7.32. The number of sulfone groups is 1. The van der Waals surface area contributed by atoms with Crippen LogP contribution >= 0.6 is 0 Å². The van der Waals surface area contributed by atoms with Crippen LogP contribution in [0.1, 0.15) is 80.8 Å². The van der Waals surface area contributed by atoms with Crippen molar-refractivity contribution in [2.75, 3.05) is 36.8 Å². The molecule has 214 valence electrons. The van der Waals surface area contributed by atoms with E-state index in [1.165, 1.54) is 12.8 Å². The minimum atomic E-state index is -3.50. The minimum absolute atomic E-state index is 0.000513. The maximum Gasteiger partial charge on any atom is 0.251 e. The van der Waals surface area contributed by atoms with Crippen LogP contribution in [0.2, 0.25) is 0 Å². The van der Waals surface area contributed by atoms with Crippen LogP contribution < -0.4 is 10.2 Å². The number of carbonyl (C=O) groups is 2. The molecule has 0 spiro atoms. The number of hydrogen-bond donors (Lipinski definition) is 1. The second kappa shape index (κ2) is 14.6. The lowest BCUT2D eigenvalue weighted by atomic mass is 10.0. The first-order valence-corrected chi connectivity index (χ1v) is 15.9. The van der Waals surface area contributed by atoms with Crippen molar-refractivity contribution in [1.82, 2.24) is 10.2 Å². The summed E-state index contributed by atoms with van der Waals surface area (Å²) >= 11 is 0. The topological polar surface area (TPSA) is 86.8 Å². The van der Waals surface area contributed by atoms with Crippen molar-refractivity contribution in [3.63, 3.8) is 0 Å². The summed E-state index contributed by atoms with van der Waals surface area (Å²) < 4.78 is 25.4. The number of anilines is 1. The summed E-state index contributed by atoms with van der Waals surface area (Å²) in [7, 11) is -3.50. The fraction of sp³-hybridized carbons (Fsp3) is 0.548. The molecule has 0 aromatic heterocycles. The van der Waals surface area contributed by atoms with Crippen molar-refractivity contribution in [3.8, 4) is 0 Å². The molecule has 2 amide bonds. The third-order valence-corrected chi connectivity index (χ3v) is 9.05. The van der Waals surface area contributed by atoms with Crippen LogP contribution in [0.25, 0.3) is 0 Å². The van der Waals surface area contributed by atoms with Crippen LogP contribution in [0, 0.1) is 12.8 Å². The van der Waals surface area contributed by atoms with Crippen molar-refractivity contribution in [3.05, 3.63) is 59.2 Å². The first-order valence-electron chi connectivity index (χ1n) is 14.3. The van der Waals surface area contributed by atoms with Crippen LogP contribution in [0.4, 0.5) is 5.69 Å². The molecule has 1 N–H and O–H groups in total. The average molecular weight is 556 g/mol. The number of carbonyl (C=O) groups excluding carboxylic acids is 2. The van der Waals surface area contributed by atoms with E-state index in [-0.39, 0.29) is 29.0 Å². The molecule has 1 heterocycles. The van der Waals surface area contributed by atoms with E-state index < -0.39 is 9.84 Å². The summed E-state index contributed by atoms with van der Waals surface area (Å²) in [5, 5.41) is 2.78. The Labute approximate surface area is 234 Å². The van der Waals surface area contributed by atoms with Gasteiger partial charge in [0.2, 0.25) is 5.91 Å². The van der Waals surface area contributed by atoms with Crippen molar-refractivity contribution < 1.29 is 18.0 Å². The molecule has 0 atom stereocenters. The van der Waals surface area contributed by atoms with Crippen LogP contribution in [-0.4, -0.2) is 57.1 Å². The molecule has 0 fully saturated rings. The molecule has 0 radical (unpaired) electrons. The van der Waals surface area contributed by atoms with Gasteiger partial charge in [0.25, 0.3) is 5.91 Å². The Bertz CT molecular complexity index is 1210. The molecule has 0 saturated carbocycles. The lowest BCUT2D eigenvalue weighted by Crippen LogP contribution is -2.33. The monoisotopic (exact) mass is 555 g/mol. The van der Waals surface area contributed by atoms with E-state index in [4.69, 9.17) is 0 Å². The van der Waals surface area contributed by atoms with Gasteiger partial charge in [0, 0.05) is 37.8 Å². The van der Waals surface area contributed by atoms with E-state index in [9.17, 15) is 18.0 Å². The van der Waals surface area contributed by atoms with Gasteiger partial charge in [-0.15, -0.1) is 0 Å². The Hall–Kier alpha value is -2.71. The summed E-state index contributed by atoms with van der Waals surface area (Å²) in [4.78, 5) is 30.3. The molecule has 3 rings (SSSR count). The molecule has 1 aliphatic heterocycles.